The van der Waals surface area contributed by atoms with Crippen molar-refractivity contribution in [3.8, 4) is 5.69 Å². The van der Waals surface area contributed by atoms with E-state index in [1.54, 1.807) is 0 Å². The second-order valence-corrected chi connectivity index (χ2v) is 6.99. The minimum absolute atomic E-state index is 0.0344. The Bertz CT molecular complexity index is 953. The van der Waals surface area contributed by atoms with Crippen molar-refractivity contribution in [1.29, 1.82) is 0 Å². The second kappa shape index (κ2) is 9.04. The summed E-state index contributed by atoms with van der Waals surface area (Å²) in [6.45, 7) is -1.78. The van der Waals surface area contributed by atoms with Gasteiger partial charge in [-0.1, -0.05) is 0 Å². The van der Waals surface area contributed by atoms with Crippen molar-refractivity contribution < 1.29 is 40.7 Å². The van der Waals surface area contributed by atoms with Crippen LogP contribution in [0.1, 0.15) is 18.4 Å². The van der Waals surface area contributed by atoms with Crippen LogP contribution in [-0.2, 0) is 15.7 Å². The second-order valence-electron chi connectivity index (χ2n) is 6.99. The quantitative estimate of drug-likeness (QED) is 0.697. The predicted octanol–water partition coefficient (Wildman–Crippen LogP) is 3.64. The standard InChI is InChI=1S/C18H17F6N5O3/c19-17(20,21)8-32-16(31)28-5-3-11(4-6-28)15(30)27-13-7-12(18(22,23)24)1-2-14(13)29-10-25-9-26-29/h1-2,7,9-11H,3-6,8H2,(H,27,30). The molecule has 14 heteroatoms. The number of rotatable bonds is 4. The van der Waals surface area contributed by atoms with Gasteiger partial charge >= 0.3 is 18.4 Å². The summed E-state index contributed by atoms with van der Waals surface area (Å²) in [4.78, 5) is 29.1. The molecule has 1 fully saturated rings. The first-order valence-electron chi connectivity index (χ1n) is 9.29. The Balaban J connectivity index is 1.67. The van der Waals surface area contributed by atoms with Gasteiger partial charge in [0.15, 0.2) is 6.61 Å². The highest BCUT2D eigenvalue weighted by atomic mass is 19.4. The number of likely N-dealkylation sites (tertiary alicyclic amines) is 1. The van der Waals surface area contributed by atoms with E-state index in [0.29, 0.717) is 0 Å². The maximum Gasteiger partial charge on any atom is 0.422 e. The van der Waals surface area contributed by atoms with E-state index in [1.807, 2.05) is 0 Å². The molecule has 2 heterocycles. The molecule has 0 atom stereocenters. The van der Waals surface area contributed by atoms with Gasteiger partial charge in [-0.2, -0.15) is 31.4 Å². The highest BCUT2D eigenvalue weighted by molar-refractivity contribution is 5.94. The molecule has 2 amide bonds. The van der Waals surface area contributed by atoms with Crippen molar-refractivity contribution in [3.05, 3.63) is 36.4 Å². The molecule has 3 rings (SSSR count). The molecule has 1 saturated heterocycles. The highest BCUT2D eigenvalue weighted by Gasteiger charge is 2.34. The molecule has 0 aliphatic carbocycles. The van der Waals surface area contributed by atoms with Crippen molar-refractivity contribution in [1.82, 2.24) is 19.7 Å². The zero-order chi connectivity index (χ0) is 23.5. The van der Waals surface area contributed by atoms with Gasteiger partial charge in [-0.05, 0) is 31.0 Å². The fourth-order valence-electron chi connectivity index (χ4n) is 3.14. The van der Waals surface area contributed by atoms with Gasteiger partial charge in [-0.15, -0.1) is 0 Å². The van der Waals surface area contributed by atoms with E-state index in [9.17, 15) is 35.9 Å². The fourth-order valence-corrected chi connectivity index (χ4v) is 3.14. The molecule has 174 valence electrons. The molecule has 1 aromatic carbocycles. The molecule has 1 N–H and O–H groups in total. The van der Waals surface area contributed by atoms with E-state index < -0.39 is 42.4 Å². The van der Waals surface area contributed by atoms with Crippen LogP contribution in [0.2, 0.25) is 0 Å². The Kier molecular flexibility index (Phi) is 6.60. The molecule has 0 bridgehead atoms. The number of benzene rings is 1. The molecule has 0 saturated carbocycles. The number of hydrogen-bond acceptors (Lipinski definition) is 5. The summed E-state index contributed by atoms with van der Waals surface area (Å²) in [6, 6.07) is 2.77. The van der Waals surface area contributed by atoms with Crippen LogP contribution in [0.15, 0.2) is 30.9 Å². The summed E-state index contributed by atoms with van der Waals surface area (Å²) < 4.78 is 81.2. The van der Waals surface area contributed by atoms with Crippen LogP contribution in [0.4, 0.5) is 36.8 Å². The Morgan fingerprint density at radius 1 is 1.12 bits per heavy atom. The lowest BCUT2D eigenvalue weighted by Crippen LogP contribution is -2.42. The van der Waals surface area contributed by atoms with E-state index in [-0.39, 0.29) is 37.3 Å². The van der Waals surface area contributed by atoms with Crippen LogP contribution < -0.4 is 5.32 Å². The Labute approximate surface area is 177 Å². The normalized spacial score (nSPS) is 15.5. The largest absolute Gasteiger partial charge is 0.440 e. The summed E-state index contributed by atoms with van der Waals surface area (Å²) in [6.07, 6.45) is -7.80. The van der Waals surface area contributed by atoms with Crippen LogP contribution in [0, 0.1) is 5.92 Å². The maximum atomic E-state index is 13.1. The smallest absolute Gasteiger partial charge is 0.422 e. The van der Waals surface area contributed by atoms with Crippen LogP contribution in [0.3, 0.4) is 0 Å². The van der Waals surface area contributed by atoms with Crippen molar-refractivity contribution in [2.24, 2.45) is 5.92 Å². The Hall–Kier alpha value is -3.32. The Morgan fingerprint density at radius 3 is 2.38 bits per heavy atom. The average Bonchev–Trinajstić information content (AvgIpc) is 3.25. The number of alkyl halides is 6. The number of halogens is 6. The highest BCUT2D eigenvalue weighted by Crippen LogP contribution is 2.33. The van der Waals surface area contributed by atoms with Gasteiger partial charge in [0.2, 0.25) is 5.91 Å². The lowest BCUT2D eigenvalue weighted by Gasteiger charge is -2.30. The fraction of sp³-hybridized carbons (Fsp3) is 0.444. The molecule has 2 aromatic rings. The molecule has 8 nitrogen and oxygen atoms in total. The SMILES string of the molecule is O=C(Nc1cc(C(F)(F)F)ccc1-n1cncn1)C1CCN(C(=O)OCC(F)(F)F)CC1. The van der Waals surface area contributed by atoms with Crippen LogP contribution >= 0.6 is 0 Å². The number of amides is 2. The van der Waals surface area contributed by atoms with Gasteiger partial charge in [0.05, 0.1) is 16.9 Å². The average molecular weight is 465 g/mol. The first-order valence-corrected chi connectivity index (χ1v) is 9.29. The predicted molar refractivity (Wildman–Crippen MR) is 96.7 cm³/mol. The van der Waals surface area contributed by atoms with Gasteiger partial charge in [-0.3, -0.25) is 4.79 Å². The van der Waals surface area contributed by atoms with Crippen LogP contribution in [-0.4, -0.2) is 57.5 Å². The molecular formula is C18H17F6N5O3. The molecule has 0 radical (unpaired) electrons. The minimum Gasteiger partial charge on any atom is -0.440 e. The number of nitrogens with zero attached hydrogens (tertiary/aromatic N) is 4. The van der Waals surface area contributed by atoms with Crippen molar-refractivity contribution in [3.63, 3.8) is 0 Å². The van der Waals surface area contributed by atoms with E-state index in [4.69, 9.17) is 0 Å². The number of carbonyl (C=O) groups is 2. The van der Waals surface area contributed by atoms with Crippen molar-refractivity contribution in [2.45, 2.75) is 25.2 Å². The van der Waals surface area contributed by atoms with Gasteiger partial charge < -0.3 is 15.0 Å². The lowest BCUT2D eigenvalue weighted by molar-refractivity contribution is -0.162. The number of nitrogens with one attached hydrogen (secondary N) is 1. The molecule has 1 aromatic heterocycles. The molecule has 1 aliphatic heterocycles. The third-order valence-corrected chi connectivity index (χ3v) is 4.73. The zero-order valence-corrected chi connectivity index (χ0v) is 16.3. The number of anilines is 1. The molecule has 32 heavy (non-hydrogen) atoms. The molecule has 0 spiro atoms. The number of hydrogen-bond donors (Lipinski definition) is 1. The first-order chi connectivity index (χ1) is 14.9. The summed E-state index contributed by atoms with van der Waals surface area (Å²) in [7, 11) is 0. The summed E-state index contributed by atoms with van der Waals surface area (Å²) in [5, 5.41) is 6.32. The van der Waals surface area contributed by atoms with Crippen molar-refractivity contribution in [2.75, 3.05) is 25.0 Å². The third kappa shape index (κ3) is 5.88. The van der Waals surface area contributed by atoms with E-state index in [1.165, 1.54) is 17.3 Å². The maximum absolute atomic E-state index is 13.1. The number of carbonyl (C=O) groups excluding carboxylic acids is 2. The zero-order valence-electron chi connectivity index (χ0n) is 16.3. The van der Waals surface area contributed by atoms with Gasteiger partial charge in [0, 0.05) is 19.0 Å². The van der Waals surface area contributed by atoms with Gasteiger partial charge in [0.25, 0.3) is 0 Å². The first kappa shape index (κ1) is 23.3. The van der Waals surface area contributed by atoms with E-state index >= 15 is 0 Å². The summed E-state index contributed by atoms with van der Waals surface area (Å²) >= 11 is 0. The molecular weight excluding hydrogens is 448 g/mol. The van der Waals surface area contributed by atoms with E-state index in [0.717, 1.165) is 23.1 Å². The molecule has 0 unspecified atom stereocenters. The Morgan fingerprint density at radius 2 is 1.81 bits per heavy atom. The summed E-state index contributed by atoms with van der Waals surface area (Å²) in [5.74, 6) is -1.26. The van der Waals surface area contributed by atoms with Gasteiger partial charge in [0.1, 0.15) is 12.7 Å². The molecule has 1 aliphatic rings. The monoisotopic (exact) mass is 465 g/mol. The minimum atomic E-state index is -4.65. The van der Waals surface area contributed by atoms with Crippen LogP contribution in [0.25, 0.3) is 5.69 Å². The number of piperidine rings is 1. The summed E-state index contributed by atoms with van der Waals surface area (Å²) in [5.41, 5.74) is -0.946. The van der Waals surface area contributed by atoms with Gasteiger partial charge in [-0.25, -0.2) is 14.5 Å². The van der Waals surface area contributed by atoms with E-state index in [2.05, 4.69) is 20.1 Å². The number of ether oxygens (including phenoxy) is 1. The van der Waals surface area contributed by atoms with Crippen molar-refractivity contribution >= 4 is 17.7 Å². The topological polar surface area (TPSA) is 89.4 Å². The lowest BCUT2D eigenvalue weighted by atomic mass is 9.96. The third-order valence-electron chi connectivity index (χ3n) is 4.73. The van der Waals surface area contributed by atoms with Crippen LogP contribution in [0.5, 0.6) is 0 Å². The number of aromatic nitrogens is 3.